The van der Waals surface area contributed by atoms with Crippen LogP contribution in [0.1, 0.15) is 69.6 Å². The minimum absolute atomic E-state index is 0.00705. The van der Waals surface area contributed by atoms with Gasteiger partial charge < -0.3 is 10.1 Å². The number of aliphatic hydroxyl groups excluding tert-OH is 1. The third-order valence-corrected chi connectivity index (χ3v) is 6.92. The van der Waals surface area contributed by atoms with Gasteiger partial charge in [-0.15, -0.1) is 11.3 Å². The number of aryl methyl sites for hydroxylation is 2. The zero-order valence-electron chi connectivity index (χ0n) is 17.8. The Labute approximate surface area is 172 Å². The molecule has 28 heavy (non-hydrogen) atoms. The van der Waals surface area contributed by atoms with Crippen molar-refractivity contribution in [3.8, 4) is 0 Å². The Morgan fingerprint density at radius 2 is 1.93 bits per heavy atom. The van der Waals surface area contributed by atoms with Gasteiger partial charge in [0, 0.05) is 11.4 Å². The van der Waals surface area contributed by atoms with Crippen molar-refractivity contribution >= 4 is 21.6 Å². The first-order chi connectivity index (χ1) is 13.3. The van der Waals surface area contributed by atoms with E-state index in [1.54, 1.807) is 11.3 Å². The fourth-order valence-electron chi connectivity index (χ4n) is 3.82. The summed E-state index contributed by atoms with van der Waals surface area (Å²) in [4.78, 5) is 25.2. The Kier molecular flexibility index (Phi) is 7.29. The van der Waals surface area contributed by atoms with Gasteiger partial charge in [0.2, 0.25) is 0 Å². The number of rotatable bonds is 8. The molecule has 0 aromatic carbocycles. The Hall–Kier alpha value is -1.24. The molecule has 5 nitrogen and oxygen atoms in total. The minimum Gasteiger partial charge on any atom is -0.392 e. The van der Waals surface area contributed by atoms with Crippen LogP contribution in [0.2, 0.25) is 0 Å². The SMILES string of the molecule is CC(C)CCN(Cc1nc2sc3c(c2c(=O)[nH]1)CCCCC3)CC(O)C(C)C. The van der Waals surface area contributed by atoms with Crippen molar-refractivity contribution < 1.29 is 5.11 Å². The standard InChI is InChI=1S/C22H35N3O2S/c1-14(2)10-11-25(12-17(26)15(3)4)13-19-23-21(27)20-16-8-6-5-7-9-18(16)28-22(20)24-19/h14-15,17,26H,5-13H2,1-4H3,(H,23,24,27). The Morgan fingerprint density at radius 3 is 2.64 bits per heavy atom. The van der Waals surface area contributed by atoms with E-state index in [0.717, 1.165) is 42.4 Å². The van der Waals surface area contributed by atoms with Gasteiger partial charge in [0.05, 0.1) is 18.0 Å². The minimum atomic E-state index is -0.375. The third kappa shape index (κ3) is 5.22. The molecule has 3 rings (SSSR count). The number of aromatic nitrogens is 2. The second kappa shape index (κ2) is 9.51. The molecule has 0 amide bonds. The third-order valence-electron chi connectivity index (χ3n) is 5.73. The molecule has 0 bridgehead atoms. The van der Waals surface area contributed by atoms with Gasteiger partial charge in [-0.25, -0.2) is 4.98 Å². The summed E-state index contributed by atoms with van der Waals surface area (Å²) in [6.45, 7) is 10.6. The molecule has 0 saturated carbocycles. The molecule has 0 fully saturated rings. The fraction of sp³-hybridized carbons (Fsp3) is 0.727. The highest BCUT2D eigenvalue weighted by Crippen LogP contribution is 2.32. The summed E-state index contributed by atoms with van der Waals surface area (Å²) in [6, 6.07) is 0. The smallest absolute Gasteiger partial charge is 0.259 e. The van der Waals surface area contributed by atoms with E-state index >= 15 is 0 Å². The van der Waals surface area contributed by atoms with Gasteiger partial charge in [-0.1, -0.05) is 34.1 Å². The zero-order chi connectivity index (χ0) is 20.3. The molecule has 2 N–H and O–H groups in total. The number of hydrogen-bond donors (Lipinski definition) is 2. The molecule has 0 spiro atoms. The van der Waals surface area contributed by atoms with E-state index in [1.807, 2.05) is 13.8 Å². The van der Waals surface area contributed by atoms with E-state index in [0.29, 0.717) is 24.8 Å². The van der Waals surface area contributed by atoms with Crippen molar-refractivity contribution in [3.63, 3.8) is 0 Å². The summed E-state index contributed by atoms with van der Waals surface area (Å²) in [5, 5.41) is 11.2. The van der Waals surface area contributed by atoms with Crippen LogP contribution < -0.4 is 5.56 Å². The molecule has 1 atom stereocenters. The van der Waals surface area contributed by atoms with Gasteiger partial charge in [-0.2, -0.15) is 0 Å². The van der Waals surface area contributed by atoms with Crippen molar-refractivity contribution in [1.29, 1.82) is 0 Å². The molecule has 2 heterocycles. The summed E-state index contributed by atoms with van der Waals surface area (Å²) >= 11 is 1.71. The van der Waals surface area contributed by atoms with E-state index in [4.69, 9.17) is 4.98 Å². The van der Waals surface area contributed by atoms with Crippen molar-refractivity contribution in [1.82, 2.24) is 14.9 Å². The van der Waals surface area contributed by atoms with Gasteiger partial charge in [0.25, 0.3) is 5.56 Å². The monoisotopic (exact) mass is 405 g/mol. The lowest BCUT2D eigenvalue weighted by molar-refractivity contribution is 0.0701. The molecule has 1 unspecified atom stereocenters. The molecular weight excluding hydrogens is 370 g/mol. The predicted molar refractivity (Wildman–Crippen MR) is 117 cm³/mol. The maximum atomic E-state index is 12.9. The zero-order valence-corrected chi connectivity index (χ0v) is 18.6. The number of fused-ring (bicyclic) bond motifs is 3. The Bertz CT molecular complexity index is 840. The Balaban J connectivity index is 1.85. The average molecular weight is 406 g/mol. The summed E-state index contributed by atoms with van der Waals surface area (Å²) in [6.07, 6.45) is 6.38. The van der Waals surface area contributed by atoms with Crippen LogP contribution in [-0.2, 0) is 19.4 Å². The Morgan fingerprint density at radius 1 is 1.18 bits per heavy atom. The van der Waals surface area contributed by atoms with E-state index in [-0.39, 0.29) is 17.6 Å². The molecule has 1 aliphatic carbocycles. The fourth-order valence-corrected chi connectivity index (χ4v) is 5.10. The highest BCUT2D eigenvalue weighted by Gasteiger charge is 2.21. The van der Waals surface area contributed by atoms with Crippen LogP contribution >= 0.6 is 11.3 Å². The van der Waals surface area contributed by atoms with Gasteiger partial charge in [-0.05, 0) is 56.0 Å². The second-order valence-corrected chi connectivity index (χ2v) is 10.1. The summed E-state index contributed by atoms with van der Waals surface area (Å²) in [7, 11) is 0. The lowest BCUT2D eigenvalue weighted by Gasteiger charge is -2.27. The van der Waals surface area contributed by atoms with Crippen LogP contribution in [0.4, 0.5) is 0 Å². The van der Waals surface area contributed by atoms with Crippen LogP contribution in [-0.4, -0.2) is 39.2 Å². The van der Waals surface area contributed by atoms with Gasteiger partial charge in [0.15, 0.2) is 0 Å². The van der Waals surface area contributed by atoms with E-state index < -0.39 is 0 Å². The molecule has 2 aromatic heterocycles. The predicted octanol–water partition coefficient (Wildman–Crippen LogP) is 4.12. The number of nitrogens with one attached hydrogen (secondary N) is 1. The topological polar surface area (TPSA) is 69.2 Å². The second-order valence-electron chi connectivity index (χ2n) is 8.99. The number of aromatic amines is 1. The lowest BCUT2D eigenvalue weighted by Crippen LogP contribution is -2.36. The molecule has 2 aromatic rings. The number of thiophene rings is 1. The van der Waals surface area contributed by atoms with Crippen LogP contribution in [0, 0.1) is 11.8 Å². The van der Waals surface area contributed by atoms with Crippen LogP contribution in [0.3, 0.4) is 0 Å². The van der Waals surface area contributed by atoms with Crippen molar-refractivity contribution in [2.45, 2.75) is 78.9 Å². The van der Waals surface area contributed by atoms with Gasteiger partial charge >= 0.3 is 0 Å². The molecule has 0 saturated heterocycles. The van der Waals surface area contributed by atoms with Crippen LogP contribution in [0.25, 0.3) is 10.2 Å². The normalized spacial score (nSPS) is 16.1. The number of hydrogen-bond acceptors (Lipinski definition) is 5. The van der Waals surface area contributed by atoms with Crippen LogP contribution in [0.15, 0.2) is 4.79 Å². The quantitative estimate of drug-likeness (QED) is 0.648. The van der Waals surface area contributed by atoms with E-state index in [1.165, 1.54) is 23.3 Å². The molecule has 156 valence electrons. The number of aliphatic hydroxyl groups is 1. The first-order valence-electron chi connectivity index (χ1n) is 10.8. The lowest BCUT2D eigenvalue weighted by atomic mass is 10.1. The summed E-state index contributed by atoms with van der Waals surface area (Å²) in [5.74, 6) is 1.53. The van der Waals surface area contributed by atoms with Crippen molar-refractivity contribution in [3.05, 3.63) is 26.6 Å². The molecule has 0 radical (unpaired) electrons. The first kappa shape index (κ1) is 21.5. The maximum Gasteiger partial charge on any atom is 0.259 e. The average Bonchev–Trinajstić information content (AvgIpc) is 2.81. The van der Waals surface area contributed by atoms with E-state index in [9.17, 15) is 9.90 Å². The molecule has 0 aliphatic heterocycles. The van der Waals surface area contributed by atoms with Crippen molar-refractivity contribution in [2.24, 2.45) is 11.8 Å². The maximum absolute atomic E-state index is 12.9. The van der Waals surface area contributed by atoms with Gasteiger partial charge in [-0.3, -0.25) is 9.69 Å². The number of nitrogens with zero attached hydrogens (tertiary/aromatic N) is 2. The summed E-state index contributed by atoms with van der Waals surface area (Å²) < 4.78 is 0. The highest BCUT2D eigenvalue weighted by molar-refractivity contribution is 7.18. The highest BCUT2D eigenvalue weighted by atomic mass is 32.1. The largest absolute Gasteiger partial charge is 0.392 e. The van der Waals surface area contributed by atoms with Crippen LogP contribution in [0.5, 0.6) is 0 Å². The summed E-state index contributed by atoms with van der Waals surface area (Å²) in [5.41, 5.74) is 1.25. The van der Waals surface area contributed by atoms with Gasteiger partial charge in [0.1, 0.15) is 10.7 Å². The van der Waals surface area contributed by atoms with Crippen molar-refractivity contribution in [2.75, 3.05) is 13.1 Å². The molecule has 1 aliphatic rings. The first-order valence-corrected chi connectivity index (χ1v) is 11.6. The van der Waals surface area contributed by atoms with E-state index in [2.05, 4.69) is 23.7 Å². The molecule has 6 heteroatoms. The molecular formula is C22H35N3O2S. The number of H-pyrrole nitrogens is 1.